The third-order valence-corrected chi connectivity index (χ3v) is 5.87. The number of aliphatic hydroxyl groups excluding tert-OH is 1. The van der Waals surface area contributed by atoms with Crippen LogP contribution < -0.4 is 4.74 Å². The molecule has 1 aromatic heterocycles. The van der Waals surface area contributed by atoms with E-state index >= 15 is 0 Å². The van der Waals surface area contributed by atoms with Crippen molar-refractivity contribution in [2.24, 2.45) is 5.92 Å². The molecule has 1 heterocycles. The second-order valence-electron chi connectivity index (χ2n) is 7.92. The number of nitrogens with one attached hydrogen (secondary N) is 1. The molecule has 1 aliphatic carbocycles. The highest BCUT2D eigenvalue weighted by atomic mass is 16.5. The molecule has 0 unspecified atom stereocenters. The Morgan fingerprint density at radius 2 is 1.97 bits per heavy atom. The Morgan fingerprint density at radius 3 is 2.72 bits per heavy atom. The molecular weight excluding hydrogens is 366 g/mol. The number of hydrogen-bond acceptors (Lipinski definition) is 3. The smallest absolute Gasteiger partial charge is 0.303 e. The number of aliphatic carboxylic acids is 1. The minimum Gasteiger partial charge on any atom is -0.493 e. The first-order chi connectivity index (χ1) is 14.1. The monoisotopic (exact) mass is 393 g/mol. The lowest BCUT2D eigenvalue weighted by Crippen LogP contribution is -2.09. The molecule has 1 saturated carbocycles. The van der Waals surface area contributed by atoms with Crippen molar-refractivity contribution >= 4 is 16.9 Å². The minimum absolute atomic E-state index is 0.0207. The second kappa shape index (κ2) is 8.70. The van der Waals surface area contributed by atoms with Gasteiger partial charge in [-0.1, -0.05) is 25.0 Å². The van der Waals surface area contributed by atoms with Gasteiger partial charge in [0.25, 0.3) is 0 Å². The van der Waals surface area contributed by atoms with E-state index in [1.165, 1.54) is 25.7 Å². The van der Waals surface area contributed by atoms with Crippen LogP contribution in [0, 0.1) is 5.92 Å². The van der Waals surface area contributed by atoms with Crippen LogP contribution in [0.25, 0.3) is 22.0 Å². The van der Waals surface area contributed by atoms with Gasteiger partial charge in [0.2, 0.25) is 0 Å². The van der Waals surface area contributed by atoms with E-state index in [1.807, 2.05) is 36.5 Å². The Labute approximate surface area is 170 Å². The summed E-state index contributed by atoms with van der Waals surface area (Å²) in [6, 6.07) is 12.1. The molecule has 0 spiro atoms. The van der Waals surface area contributed by atoms with Crippen LogP contribution >= 0.6 is 0 Å². The van der Waals surface area contributed by atoms with E-state index in [4.69, 9.17) is 9.84 Å². The second-order valence-corrected chi connectivity index (χ2v) is 7.92. The van der Waals surface area contributed by atoms with E-state index in [0.717, 1.165) is 45.5 Å². The highest BCUT2D eigenvalue weighted by Crippen LogP contribution is 2.35. The molecule has 5 heteroatoms. The molecule has 1 fully saturated rings. The minimum atomic E-state index is -0.797. The number of aromatic nitrogens is 1. The maximum absolute atomic E-state index is 11.0. The third kappa shape index (κ3) is 4.46. The first-order valence-corrected chi connectivity index (χ1v) is 10.3. The normalized spacial score (nSPS) is 14.5. The van der Waals surface area contributed by atoms with Crippen LogP contribution in [0.4, 0.5) is 0 Å². The number of carboxylic acids is 1. The lowest BCUT2D eigenvalue weighted by atomic mass is 9.98. The van der Waals surface area contributed by atoms with Gasteiger partial charge in [-0.15, -0.1) is 0 Å². The van der Waals surface area contributed by atoms with Crippen LogP contribution in [-0.4, -0.2) is 27.8 Å². The van der Waals surface area contributed by atoms with Crippen LogP contribution in [0.3, 0.4) is 0 Å². The van der Waals surface area contributed by atoms with Gasteiger partial charge < -0.3 is 19.9 Å². The van der Waals surface area contributed by atoms with E-state index in [9.17, 15) is 9.90 Å². The van der Waals surface area contributed by atoms with E-state index in [1.54, 1.807) is 0 Å². The van der Waals surface area contributed by atoms with Crippen molar-refractivity contribution in [1.29, 1.82) is 0 Å². The molecular formula is C24H27NO4. The third-order valence-electron chi connectivity index (χ3n) is 5.87. The first kappa shape index (κ1) is 19.5. The van der Waals surface area contributed by atoms with Crippen molar-refractivity contribution in [2.45, 2.75) is 45.1 Å². The van der Waals surface area contributed by atoms with Gasteiger partial charge in [-0.2, -0.15) is 0 Å². The summed E-state index contributed by atoms with van der Waals surface area (Å²) in [5, 5.41) is 19.6. The summed E-state index contributed by atoms with van der Waals surface area (Å²) < 4.78 is 6.23. The number of rotatable bonds is 8. The maximum Gasteiger partial charge on any atom is 0.303 e. The van der Waals surface area contributed by atoms with Gasteiger partial charge in [0, 0.05) is 34.6 Å². The van der Waals surface area contributed by atoms with Crippen molar-refractivity contribution in [1.82, 2.24) is 4.98 Å². The zero-order valence-corrected chi connectivity index (χ0v) is 16.5. The Hall–Kier alpha value is -2.79. The Bertz CT molecular complexity index is 1000. The number of fused-ring (bicyclic) bond motifs is 1. The molecule has 1 aliphatic rings. The number of aromatic amines is 1. The summed E-state index contributed by atoms with van der Waals surface area (Å²) in [5.74, 6) is 0.647. The number of aryl methyl sites for hydroxylation is 1. The molecule has 0 atom stereocenters. The SMILES string of the molecule is O=C(O)CCc1ccc(OCC2CCCC2)c(-c2ccc3[nH]cc(CO)c3c2)c1. The van der Waals surface area contributed by atoms with Gasteiger partial charge in [0.1, 0.15) is 5.75 Å². The van der Waals surface area contributed by atoms with Crippen LogP contribution in [0.15, 0.2) is 42.6 Å². The van der Waals surface area contributed by atoms with E-state index in [2.05, 4.69) is 11.1 Å². The molecule has 0 amide bonds. The summed E-state index contributed by atoms with van der Waals surface area (Å²) in [5.41, 5.74) is 4.79. The highest BCUT2D eigenvalue weighted by molar-refractivity contribution is 5.89. The number of ether oxygens (including phenoxy) is 1. The lowest BCUT2D eigenvalue weighted by Gasteiger charge is -2.16. The van der Waals surface area contributed by atoms with Crippen LogP contribution in [0.2, 0.25) is 0 Å². The Balaban J connectivity index is 1.68. The summed E-state index contributed by atoms with van der Waals surface area (Å²) in [7, 11) is 0. The fourth-order valence-corrected chi connectivity index (χ4v) is 4.20. The highest BCUT2D eigenvalue weighted by Gasteiger charge is 2.17. The fourth-order valence-electron chi connectivity index (χ4n) is 4.20. The van der Waals surface area contributed by atoms with Gasteiger partial charge in [0.05, 0.1) is 13.2 Å². The number of aliphatic hydroxyl groups is 1. The van der Waals surface area contributed by atoms with E-state index in [0.29, 0.717) is 12.3 Å². The molecule has 0 radical (unpaired) electrons. The Morgan fingerprint density at radius 1 is 1.14 bits per heavy atom. The van der Waals surface area contributed by atoms with Gasteiger partial charge in [-0.3, -0.25) is 4.79 Å². The average Bonchev–Trinajstić information content (AvgIpc) is 3.40. The summed E-state index contributed by atoms with van der Waals surface area (Å²) >= 11 is 0. The number of hydrogen-bond donors (Lipinski definition) is 3. The van der Waals surface area contributed by atoms with Gasteiger partial charge in [0.15, 0.2) is 0 Å². The fraction of sp³-hybridized carbons (Fsp3) is 0.375. The molecule has 0 bridgehead atoms. The lowest BCUT2D eigenvalue weighted by molar-refractivity contribution is -0.136. The summed E-state index contributed by atoms with van der Waals surface area (Å²) in [4.78, 5) is 14.2. The van der Waals surface area contributed by atoms with Crippen LogP contribution in [0.1, 0.15) is 43.2 Å². The first-order valence-electron chi connectivity index (χ1n) is 10.3. The van der Waals surface area contributed by atoms with Crippen molar-refractivity contribution in [3.63, 3.8) is 0 Å². The van der Waals surface area contributed by atoms with E-state index < -0.39 is 5.97 Å². The Kier molecular flexibility index (Phi) is 5.86. The molecule has 2 aromatic carbocycles. The number of carbonyl (C=O) groups is 1. The topological polar surface area (TPSA) is 82.5 Å². The summed E-state index contributed by atoms with van der Waals surface area (Å²) in [6.45, 7) is 0.697. The van der Waals surface area contributed by atoms with Crippen molar-refractivity contribution in [3.8, 4) is 16.9 Å². The largest absolute Gasteiger partial charge is 0.493 e. The predicted molar refractivity (Wildman–Crippen MR) is 113 cm³/mol. The molecule has 4 rings (SSSR count). The predicted octanol–water partition coefficient (Wildman–Crippen LogP) is 4.91. The van der Waals surface area contributed by atoms with Crippen LogP contribution in [0.5, 0.6) is 5.75 Å². The molecule has 0 saturated heterocycles. The van der Waals surface area contributed by atoms with Gasteiger partial charge in [-0.05, 0) is 60.6 Å². The van der Waals surface area contributed by atoms with Gasteiger partial charge >= 0.3 is 5.97 Å². The van der Waals surface area contributed by atoms with Gasteiger partial charge in [-0.25, -0.2) is 0 Å². The quantitative estimate of drug-likeness (QED) is 0.508. The molecule has 3 N–H and O–H groups in total. The molecule has 152 valence electrons. The zero-order chi connectivity index (χ0) is 20.2. The summed E-state index contributed by atoms with van der Waals surface area (Å²) in [6.07, 6.45) is 7.43. The zero-order valence-electron chi connectivity index (χ0n) is 16.5. The van der Waals surface area contributed by atoms with Crippen molar-refractivity contribution < 1.29 is 19.7 Å². The maximum atomic E-state index is 11.0. The molecule has 3 aromatic rings. The number of benzene rings is 2. The van der Waals surface area contributed by atoms with Crippen molar-refractivity contribution in [3.05, 3.63) is 53.7 Å². The van der Waals surface area contributed by atoms with Crippen LogP contribution in [-0.2, 0) is 17.8 Å². The average molecular weight is 393 g/mol. The standard InChI is InChI=1S/C24H27NO4/c26-14-19-13-25-22-8-7-18(12-20(19)22)21-11-16(6-10-24(27)28)5-9-23(21)29-15-17-3-1-2-4-17/h5,7-9,11-13,17,25-26H,1-4,6,10,14-15H2,(H,27,28). The number of H-pyrrole nitrogens is 1. The molecule has 5 nitrogen and oxygen atoms in total. The molecule has 29 heavy (non-hydrogen) atoms. The van der Waals surface area contributed by atoms with Crippen molar-refractivity contribution in [2.75, 3.05) is 6.61 Å². The molecule has 0 aliphatic heterocycles. The number of carboxylic acid groups (broad SMARTS) is 1. The van der Waals surface area contributed by atoms with E-state index in [-0.39, 0.29) is 13.0 Å².